The van der Waals surface area contributed by atoms with Gasteiger partial charge >= 0.3 is 5.97 Å². The second-order valence-electron chi connectivity index (χ2n) is 2.62. The van der Waals surface area contributed by atoms with Crippen molar-refractivity contribution in [2.45, 2.75) is 19.4 Å². The van der Waals surface area contributed by atoms with Gasteiger partial charge in [-0.2, -0.15) is 0 Å². The third-order valence-corrected chi connectivity index (χ3v) is 2.42. The van der Waals surface area contributed by atoms with Gasteiger partial charge in [0.2, 0.25) is 0 Å². The molecule has 6 heteroatoms. The van der Waals surface area contributed by atoms with Gasteiger partial charge in [0.25, 0.3) is 0 Å². The quantitative estimate of drug-likeness (QED) is 0.816. The van der Waals surface area contributed by atoms with Gasteiger partial charge in [0.05, 0.1) is 6.42 Å². The molecule has 72 valence electrons. The van der Waals surface area contributed by atoms with Crippen molar-refractivity contribution in [3.05, 3.63) is 10.5 Å². The summed E-state index contributed by atoms with van der Waals surface area (Å²) in [5, 5.41) is 14.2. The molecule has 0 aliphatic rings. The Bertz CT molecular complexity index is 302. The monoisotopic (exact) mass is 220 g/mol. The summed E-state index contributed by atoms with van der Waals surface area (Å²) in [6.07, 6.45) is 0.0667. The predicted molar refractivity (Wildman–Crippen MR) is 52.5 cm³/mol. The van der Waals surface area contributed by atoms with Crippen LogP contribution in [-0.4, -0.2) is 22.1 Å². The van der Waals surface area contributed by atoms with Crippen molar-refractivity contribution in [3.63, 3.8) is 0 Å². The first-order valence-corrected chi connectivity index (χ1v) is 4.93. The van der Waals surface area contributed by atoms with E-state index in [4.69, 9.17) is 16.7 Å². The highest BCUT2D eigenvalue weighted by Gasteiger charge is 2.08. The minimum absolute atomic E-state index is 0.0667. The maximum atomic E-state index is 10.3. The largest absolute Gasteiger partial charge is 0.481 e. The van der Waals surface area contributed by atoms with Crippen LogP contribution < -0.4 is 5.32 Å². The summed E-state index contributed by atoms with van der Waals surface area (Å²) in [6, 6.07) is -0.139. The molecule has 0 saturated carbocycles. The molecule has 1 aromatic rings. The smallest absolute Gasteiger partial charge is 0.305 e. The lowest BCUT2D eigenvalue weighted by atomic mass is 10.2. The number of nitrogens with zero attached hydrogens (tertiary/aromatic N) is 1. The van der Waals surface area contributed by atoms with Crippen molar-refractivity contribution in [2.75, 3.05) is 5.32 Å². The van der Waals surface area contributed by atoms with Crippen LogP contribution in [0.2, 0.25) is 5.15 Å². The minimum atomic E-state index is -0.831. The number of thiazole rings is 1. The molecule has 0 saturated heterocycles. The molecule has 0 radical (unpaired) electrons. The number of anilines is 1. The number of halogens is 1. The number of aliphatic carboxylic acids is 1. The van der Waals surface area contributed by atoms with Crippen LogP contribution in [0.4, 0.5) is 5.13 Å². The Balaban J connectivity index is 2.44. The Morgan fingerprint density at radius 3 is 3.08 bits per heavy atom. The van der Waals surface area contributed by atoms with Crippen molar-refractivity contribution in [1.29, 1.82) is 0 Å². The predicted octanol–water partition coefficient (Wildman–Crippen LogP) is 2.07. The van der Waals surface area contributed by atoms with E-state index in [-0.39, 0.29) is 12.5 Å². The lowest BCUT2D eigenvalue weighted by Gasteiger charge is -2.08. The molecule has 1 aromatic heterocycles. The molecule has 1 rings (SSSR count). The second kappa shape index (κ2) is 4.43. The first-order valence-electron chi connectivity index (χ1n) is 3.67. The van der Waals surface area contributed by atoms with Crippen LogP contribution in [0.1, 0.15) is 13.3 Å². The molecule has 4 nitrogen and oxygen atoms in total. The molecule has 0 aliphatic heterocycles. The molecular formula is C7H9ClN2O2S. The summed E-state index contributed by atoms with van der Waals surface area (Å²) in [5.74, 6) is -0.831. The Hall–Kier alpha value is -0.810. The van der Waals surface area contributed by atoms with E-state index in [0.717, 1.165) is 0 Å². The van der Waals surface area contributed by atoms with E-state index in [1.807, 2.05) is 0 Å². The van der Waals surface area contributed by atoms with Gasteiger partial charge in [0.15, 0.2) is 5.13 Å². The number of aromatic nitrogens is 1. The van der Waals surface area contributed by atoms with Crippen molar-refractivity contribution < 1.29 is 9.90 Å². The van der Waals surface area contributed by atoms with Gasteiger partial charge < -0.3 is 10.4 Å². The third kappa shape index (κ3) is 3.61. The molecule has 0 spiro atoms. The van der Waals surface area contributed by atoms with Crippen molar-refractivity contribution in [1.82, 2.24) is 4.98 Å². The Kier molecular flexibility index (Phi) is 3.50. The van der Waals surface area contributed by atoms with Crippen LogP contribution in [0.5, 0.6) is 0 Å². The number of rotatable bonds is 4. The fourth-order valence-electron chi connectivity index (χ4n) is 0.844. The summed E-state index contributed by atoms with van der Waals surface area (Å²) in [7, 11) is 0. The Labute approximate surface area is 84.6 Å². The summed E-state index contributed by atoms with van der Waals surface area (Å²) < 4.78 is 0. The zero-order valence-corrected chi connectivity index (χ0v) is 8.52. The molecule has 2 N–H and O–H groups in total. The molecule has 1 heterocycles. The number of hydrogen-bond acceptors (Lipinski definition) is 4. The number of hydrogen-bond donors (Lipinski definition) is 2. The van der Waals surface area contributed by atoms with E-state index >= 15 is 0 Å². The fourth-order valence-corrected chi connectivity index (χ4v) is 1.79. The molecule has 0 amide bonds. The van der Waals surface area contributed by atoms with Gasteiger partial charge in [0.1, 0.15) is 5.15 Å². The van der Waals surface area contributed by atoms with E-state index in [9.17, 15) is 4.79 Å². The normalized spacial score (nSPS) is 12.5. The maximum Gasteiger partial charge on any atom is 0.305 e. The van der Waals surface area contributed by atoms with Crippen LogP contribution in [0, 0.1) is 0 Å². The zero-order valence-electron chi connectivity index (χ0n) is 6.95. The van der Waals surface area contributed by atoms with E-state index in [0.29, 0.717) is 10.3 Å². The highest BCUT2D eigenvalue weighted by Crippen LogP contribution is 2.19. The Morgan fingerprint density at radius 1 is 1.92 bits per heavy atom. The third-order valence-electron chi connectivity index (χ3n) is 1.33. The molecule has 0 aliphatic carbocycles. The molecule has 0 fully saturated rings. The SMILES string of the molecule is CC(CC(=O)O)Nc1nc(Cl)cs1. The lowest BCUT2D eigenvalue weighted by Crippen LogP contribution is -2.18. The van der Waals surface area contributed by atoms with Crippen LogP contribution in [0.25, 0.3) is 0 Å². The minimum Gasteiger partial charge on any atom is -0.481 e. The molecule has 0 aromatic carbocycles. The maximum absolute atomic E-state index is 10.3. The van der Waals surface area contributed by atoms with E-state index in [2.05, 4.69) is 10.3 Å². The highest BCUT2D eigenvalue weighted by atomic mass is 35.5. The molecule has 1 unspecified atom stereocenters. The molecular weight excluding hydrogens is 212 g/mol. The summed E-state index contributed by atoms with van der Waals surface area (Å²) >= 11 is 6.95. The second-order valence-corrected chi connectivity index (χ2v) is 3.86. The highest BCUT2D eigenvalue weighted by molar-refractivity contribution is 7.14. The van der Waals surface area contributed by atoms with Gasteiger partial charge in [-0.05, 0) is 6.92 Å². The van der Waals surface area contributed by atoms with Gasteiger partial charge in [-0.25, -0.2) is 4.98 Å². The van der Waals surface area contributed by atoms with Gasteiger partial charge in [-0.1, -0.05) is 11.6 Å². The zero-order chi connectivity index (χ0) is 9.84. The van der Waals surface area contributed by atoms with Crippen molar-refractivity contribution in [2.24, 2.45) is 0 Å². The average molecular weight is 221 g/mol. The van der Waals surface area contributed by atoms with Crippen LogP contribution in [0.3, 0.4) is 0 Å². The Morgan fingerprint density at radius 2 is 2.62 bits per heavy atom. The number of carboxylic acids is 1. The standard InChI is InChI=1S/C7H9ClN2O2S/c1-4(2-6(11)12)9-7-10-5(8)3-13-7/h3-4H,2H2,1H3,(H,9,10)(H,11,12). The van der Waals surface area contributed by atoms with E-state index in [1.54, 1.807) is 12.3 Å². The molecule has 13 heavy (non-hydrogen) atoms. The van der Waals surface area contributed by atoms with Crippen LogP contribution in [-0.2, 0) is 4.79 Å². The van der Waals surface area contributed by atoms with E-state index < -0.39 is 5.97 Å². The van der Waals surface area contributed by atoms with Crippen molar-refractivity contribution in [3.8, 4) is 0 Å². The summed E-state index contributed by atoms with van der Waals surface area (Å²) in [4.78, 5) is 14.3. The van der Waals surface area contributed by atoms with Gasteiger partial charge in [-0.3, -0.25) is 4.79 Å². The van der Waals surface area contributed by atoms with Gasteiger partial charge in [0, 0.05) is 11.4 Å². The summed E-state index contributed by atoms with van der Waals surface area (Å²) in [6.45, 7) is 1.78. The topological polar surface area (TPSA) is 62.2 Å². The summed E-state index contributed by atoms with van der Waals surface area (Å²) in [5.41, 5.74) is 0. The molecule has 0 bridgehead atoms. The van der Waals surface area contributed by atoms with Crippen molar-refractivity contribution >= 4 is 34.0 Å². The number of carbonyl (C=O) groups is 1. The first kappa shape index (κ1) is 10.3. The first-order chi connectivity index (χ1) is 6.08. The van der Waals surface area contributed by atoms with Crippen LogP contribution >= 0.6 is 22.9 Å². The average Bonchev–Trinajstić information content (AvgIpc) is 2.33. The van der Waals surface area contributed by atoms with Crippen LogP contribution in [0.15, 0.2) is 5.38 Å². The fraction of sp³-hybridized carbons (Fsp3) is 0.429. The van der Waals surface area contributed by atoms with Gasteiger partial charge in [-0.15, -0.1) is 11.3 Å². The lowest BCUT2D eigenvalue weighted by molar-refractivity contribution is -0.137. The van der Waals surface area contributed by atoms with E-state index in [1.165, 1.54) is 11.3 Å². The molecule has 1 atom stereocenters. The number of nitrogens with one attached hydrogen (secondary N) is 1. The number of carboxylic acid groups (broad SMARTS) is 1.